The Labute approximate surface area is 165 Å². The summed E-state index contributed by atoms with van der Waals surface area (Å²) in [6, 6.07) is 13.3. The van der Waals surface area contributed by atoms with Gasteiger partial charge in [0.25, 0.3) is 5.91 Å². The Balaban J connectivity index is 1.57. The molecule has 5 nitrogen and oxygen atoms in total. The third-order valence-electron chi connectivity index (χ3n) is 4.31. The standard InChI is InChI=1S/C21H17FN4OS/c1-2-19-17(13-26(25-19)21-23-11-12-28-21)14-7-9-15(10-8-14)24-20(27)16-5-3-4-6-18(16)22/h3-13H,2H2,1H3,(H,24,27). The number of nitrogens with one attached hydrogen (secondary N) is 1. The fourth-order valence-electron chi connectivity index (χ4n) is 2.92. The molecule has 140 valence electrons. The Kier molecular flexibility index (Phi) is 4.99. The third-order valence-corrected chi connectivity index (χ3v) is 5.07. The van der Waals surface area contributed by atoms with Crippen molar-refractivity contribution in [2.75, 3.05) is 5.32 Å². The zero-order chi connectivity index (χ0) is 19.5. The maximum absolute atomic E-state index is 13.8. The van der Waals surface area contributed by atoms with E-state index < -0.39 is 11.7 Å². The van der Waals surface area contributed by atoms with Crippen LogP contribution in [0.25, 0.3) is 16.3 Å². The molecule has 2 heterocycles. The maximum Gasteiger partial charge on any atom is 0.258 e. The number of aromatic nitrogens is 3. The molecule has 2 aromatic heterocycles. The van der Waals surface area contributed by atoms with Gasteiger partial charge in [0, 0.05) is 29.0 Å². The van der Waals surface area contributed by atoms with E-state index in [1.54, 1.807) is 35.1 Å². The summed E-state index contributed by atoms with van der Waals surface area (Å²) in [5.74, 6) is -1.02. The van der Waals surface area contributed by atoms with Crippen LogP contribution in [-0.2, 0) is 6.42 Å². The molecule has 0 spiro atoms. The minimum absolute atomic E-state index is 0.0181. The van der Waals surface area contributed by atoms with Crippen molar-refractivity contribution in [1.82, 2.24) is 14.8 Å². The van der Waals surface area contributed by atoms with E-state index in [-0.39, 0.29) is 5.56 Å². The van der Waals surface area contributed by atoms with Crippen LogP contribution >= 0.6 is 11.3 Å². The van der Waals surface area contributed by atoms with Crippen molar-refractivity contribution in [2.45, 2.75) is 13.3 Å². The van der Waals surface area contributed by atoms with Gasteiger partial charge in [-0.15, -0.1) is 11.3 Å². The molecule has 28 heavy (non-hydrogen) atoms. The van der Waals surface area contributed by atoms with Crippen molar-refractivity contribution in [3.05, 3.63) is 83.4 Å². The number of hydrogen-bond donors (Lipinski definition) is 1. The Morgan fingerprint density at radius 1 is 1.18 bits per heavy atom. The van der Waals surface area contributed by atoms with Gasteiger partial charge in [0.15, 0.2) is 0 Å². The molecule has 0 aliphatic carbocycles. The average molecular weight is 392 g/mol. The summed E-state index contributed by atoms with van der Waals surface area (Å²) in [6.45, 7) is 2.06. The highest BCUT2D eigenvalue weighted by molar-refractivity contribution is 7.12. The first-order valence-corrected chi connectivity index (χ1v) is 9.68. The lowest BCUT2D eigenvalue weighted by Gasteiger charge is -2.07. The highest BCUT2D eigenvalue weighted by Gasteiger charge is 2.13. The highest BCUT2D eigenvalue weighted by atomic mass is 32.1. The fraction of sp³-hybridized carbons (Fsp3) is 0.0952. The summed E-state index contributed by atoms with van der Waals surface area (Å²) in [7, 11) is 0. The summed E-state index contributed by atoms with van der Waals surface area (Å²) in [4.78, 5) is 16.5. The first kappa shape index (κ1) is 18.1. The zero-order valence-corrected chi connectivity index (χ0v) is 15.9. The molecule has 0 saturated carbocycles. The molecule has 4 aromatic rings. The van der Waals surface area contributed by atoms with E-state index in [0.717, 1.165) is 28.4 Å². The first-order valence-electron chi connectivity index (χ1n) is 8.80. The van der Waals surface area contributed by atoms with E-state index >= 15 is 0 Å². The molecular formula is C21H17FN4OS. The van der Waals surface area contributed by atoms with Gasteiger partial charge in [0.2, 0.25) is 5.13 Å². The maximum atomic E-state index is 13.8. The van der Waals surface area contributed by atoms with Gasteiger partial charge in [-0.3, -0.25) is 4.79 Å². The van der Waals surface area contributed by atoms with E-state index in [1.165, 1.54) is 23.5 Å². The minimum atomic E-state index is -0.543. The van der Waals surface area contributed by atoms with Crippen LogP contribution in [0, 0.1) is 5.82 Å². The second-order valence-corrected chi connectivity index (χ2v) is 6.99. The lowest BCUT2D eigenvalue weighted by atomic mass is 10.0. The number of amides is 1. The molecule has 1 N–H and O–H groups in total. The van der Waals surface area contributed by atoms with Gasteiger partial charge < -0.3 is 5.32 Å². The molecule has 0 atom stereocenters. The van der Waals surface area contributed by atoms with Crippen molar-refractivity contribution in [3.8, 4) is 16.3 Å². The number of anilines is 1. The third kappa shape index (κ3) is 3.57. The van der Waals surface area contributed by atoms with Crippen LogP contribution in [0.3, 0.4) is 0 Å². The molecule has 0 saturated heterocycles. The van der Waals surface area contributed by atoms with Crippen molar-refractivity contribution in [3.63, 3.8) is 0 Å². The summed E-state index contributed by atoms with van der Waals surface area (Å²) < 4.78 is 15.5. The SMILES string of the molecule is CCc1nn(-c2nccs2)cc1-c1ccc(NC(=O)c2ccccc2F)cc1. The summed E-state index contributed by atoms with van der Waals surface area (Å²) in [5.41, 5.74) is 3.60. The number of carbonyl (C=O) groups is 1. The molecule has 0 aliphatic rings. The van der Waals surface area contributed by atoms with Crippen LogP contribution in [0.15, 0.2) is 66.3 Å². The number of carbonyl (C=O) groups excluding carboxylic acids is 1. The second kappa shape index (κ2) is 7.74. The van der Waals surface area contributed by atoms with E-state index in [1.807, 2.05) is 23.7 Å². The van der Waals surface area contributed by atoms with Crippen LogP contribution in [0.1, 0.15) is 23.0 Å². The quantitative estimate of drug-likeness (QED) is 0.523. The predicted molar refractivity (Wildman–Crippen MR) is 108 cm³/mol. The number of nitrogens with zero attached hydrogens (tertiary/aromatic N) is 3. The second-order valence-electron chi connectivity index (χ2n) is 6.11. The van der Waals surface area contributed by atoms with Crippen LogP contribution in [0.5, 0.6) is 0 Å². The van der Waals surface area contributed by atoms with Crippen molar-refractivity contribution < 1.29 is 9.18 Å². The van der Waals surface area contributed by atoms with Crippen LogP contribution < -0.4 is 5.32 Å². The molecule has 0 radical (unpaired) electrons. The predicted octanol–water partition coefficient (Wildman–Crippen LogP) is 4.95. The number of rotatable bonds is 5. The van der Waals surface area contributed by atoms with Gasteiger partial charge in [-0.25, -0.2) is 14.1 Å². The lowest BCUT2D eigenvalue weighted by molar-refractivity contribution is 0.102. The average Bonchev–Trinajstić information content (AvgIpc) is 3.38. The van der Waals surface area contributed by atoms with Crippen LogP contribution in [-0.4, -0.2) is 20.7 Å². The van der Waals surface area contributed by atoms with Gasteiger partial charge in [-0.2, -0.15) is 5.10 Å². The minimum Gasteiger partial charge on any atom is -0.322 e. The molecule has 0 fully saturated rings. The van der Waals surface area contributed by atoms with E-state index in [9.17, 15) is 9.18 Å². The van der Waals surface area contributed by atoms with E-state index in [2.05, 4.69) is 22.3 Å². The molecule has 0 bridgehead atoms. The van der Waals surface area contributed by atoms with Gasteiger partial charge in [0.05, 0.1) is 11.3 Å². The summed E-state index contributed by atoms with van der Waals surface area (Å²) in [5, 5.41) is 10.1. The van der Waals surface area contributed by atoms with E-state index in [0.29, 0.717) is 5.69 Å². The number of benzene rings is 2. The highest BCUT2D eigenvalue weighted by Crippen LogP contribution is 2.27. The molecule has 0 aliphatic heterocycles. The Bertz CT molecular complexity index is 1100. The van der Waals surface area contributed by atoms with Gasteiger partial charge in [-0.1, -0.05) is 31.2 Å². The largest absolute Gasteiger partial charge is 0.322 e. The Morgan fingerprint density at radius 2 is 1.96 bits per heavy atom. The molecule has 0 unspecified atom stereocenters. The number of halogens is 1. The van der Waals surface area contributed by atoms with Gasteiger partial charge in [0.1, 0.15) is 5.82 Å². The molecule has 4 rings (SSSR count). The summed E-state index contributed by atoms with van der Waals surface area (Å²) >= 11 is 1.52. The number of hydrogen-bond acceptors (Lipinski definition) is 4. The van der Waals surface area contributed by atoms with E-state index in [4.69, 9.17) is 0 Å². The summed E-state index contributed by atoms with van der Waals surface area (Å²) in [6.07, 6.45) is 4.50. The van der Waals surface area contributed by atoms with Crippen molar-refractivity contribution in [1.29, 1.82) is 0 Å². The van der Waals surface area contributed by atoms with Crippen molar-refractivity contribution in [2.24, 2.45) is 0 Å². The smallest absolute Gasteiger partial charge is 0.258 e. The van der Waals surface area contributed by atoms with Gasteiger partial charge in [-0.05, 0) is 36.2 Å². The normalized spacial score (nSPS) is 10.8. The number of aryl methyl sites for hydroxylation is 1. The topological polar surface area (TPSA) is 59.8 Å². The Hall–Kier alpha value is -3.32. The van der Waals surface area contributed by atoms with Gasteiger partial charge >= 0.3 is 0 Å². The lowest BCUT2D eigenvalue weighted by Crippen LogP contribution is -2.13. The van der Waals surface area contributed by atoms with Crippen molar-refractivity contribution >= 4 is 22.9 Å². The zero-order valence-electron chi connectivity index (χ0n) is 15.1. The molecule has 1 amide bonds. The van der Waals surface area contributed by atoms with Crippen LogP contribution in [0.4, 0.5) is 10.1 Å². The fourth-order valence-corrected chi connectivity index (χ4v) is 3.48. The monoisotopic (exact) mass is 392 g/mol. The molecular weight excluding hydrogens is 375 g/mol. The molecule has 7 heteroatoms. The number of thiazole rings is 1. The Morgan fingerprint density at radius 3 is 2.64 bits per heavy atom. The van der Waals surface area contributed by atoms with Crippen LogP contribution in [0.2, 0.25) is 0 Å². The first-order chi connectivity index (χ1) is 13.7. The molecule has 2 aromatic carbocycles.